The summed E-state index contributed by atoms with van der Waals surface area (Å²) < 4.78 is 5.16. The average Bonchev–Trinajstić information content (AvgIpc) is 2.49. The van der Waals surface area contributed by atoms with Gasteiger partial charge in [0.05, 0.1) is 18.0 Å². The lowest BCUT2D eigenvalue weighted by Gasteiger charge is -2.45. The highest BCUT2D eigenvalue weighted by Crippen LogP contribution is 2.38. The fraction of sp³-hybridized carbons (Fsp3) is 0.533. The molecule has 0 radical (unpaired) electrons. The maximum Gasteiger partial charge on any atom is 0.252 e. The van der Waals surface area contributed by atoms with E-state index in [9.17, 15) is 4.79 Å². The van der Waals surface area contributed by atoms with Gasteiger partial charge in [-0.25, -0.2) is 0 Å². The topological polar surface area (TPSA) is 53.6 Å². The van der Waals surface area contributed by atoms with Gasteiger partial charge >= 0.3 is 0 Å². The number of hydrogen-bond acceptors (Lipinski definition) is 4. The molecular weight excluding hydrogens is 254 g/mol. The van der Waals surface area contributed by atoms with Crippen LogP contribution in [0.25, 0.3) is 0 Å². The summed E-state index contributed by atoms with van der Waals surface area (Å²) >= 11 is 0. The quantitative estimate of drug-likeness (QED) is 0.871. The molecule has 0 unspecified atom stereocenters. The molecule has 1 aromatic carbocycles. The van der Waals surface area contributed by atoms with Crippen molar-refractivity contribution in [3.05, 3.63) is 24.3 Å². The number of amides is 1. The van der Waals surface area contributed by atoms with Crippen molar-refractivity contribution >= 4 is 17.3 Å². The van der Waals surface area contributed by atoms with Crippen LogP contribution in [0.3, 0.4) is 0 Å². The van der Waals surface area contributed by atoms with E-state index in [1.54, 1.807) is 7.11 Å². The summed E-state index contributed by atoms with van der Waals surface area (Å²) in [7, 11) is 1.67. The van der Waals surface area contributed by atoms with Crippen molar-refractivity contribution in [1.29, 1.82) is 0 Å². The van der Waals surface area contributed by atoms with Crippen molar-refractivity contribution in [1.82, 2.24) is 5.32 Å². The van der Waals surface area contributed by atoms with E-state index >= 15 is 0 Å². The third-order valence-corrected chi connectivity index (χ3v) is 4.20. The van der Waals surface area contributed by atoms with Crippen LogP contribution in [-0.4, -0.2) is 44.8 Å². The third kappa shape index (κ3) is 2.17. The van der Waals surface area contributed by atoms with E-state index in [0.717, 1.165) is 37.3 Å². The third-order valence-electron chi connectivity index (χ3n) is 4.20. The monoisotopic (exact) mass is 275 g/mol. The maximum atomic E-state index is 13.0. The van der Waals surface area contributed by atoms with Crippen LogP contribution >= 0.6 is 0 Å². The number of carbonyl (C=O) groups is 1. The predicted molar refractivity (Wildman–Crippen MR) is 79.1 cm³/mol. The molecule has 0 aliphatic carbocycles. The number of benzene rings is 1. The fourth-order valence-corrected chi connectivity index (χ4v) is 3.09. The molecule has 2 heterocycles. The molecule has 1 spiro atoms. The Hall–Kier alpha value is -1.59. The number of hydrogen-bond donors (Lipinski definition) is 2. The van der Waals surface area contributed by atoms with Crippen LogP contribution in [-0.2, 0) is 9.53 Å². The van der Waals surface area contributed by atoms with Crippen molar-refractivity contribution in [3.8, 4) is 0 Å². The highest BCUT2D eigenvalue weighted by molar-refractivity contribution is 6.08. The van der Waals surface area contributed by atoms with Crippen molar-refractivity contribution < 1.29 is 9.53 Å². The summed E-state index contributed by atoms with van der Waals surface area (Å²) in [5.41, 5.74) is 1.55. The van der Waals surface area contributed by atoms with Crippen LogP contribution in [0.4, 0.5) is 11.4 Å². The molecule has 3 rings (SSSR count). The number of nitrogens with zero attached hydrogens (tertiary/aromatic N) is 1. The van der Waals surface area contributed by atoms with E-state index in [4.69, 9.17) is 4.74 Å². The van der Waals surface area contributed by atoms with E-state index < -0.39 is 5.54 Å². The first kappa shape index (κ1) is 13.4. The van der Waals surface area contributed by atoms with Crippen LogP contribution in [0.2, 0.25) is 0 Å². The molecule has 0 atom stereocenters. The first-order valence-corrected chi connectivity index (χ1v) is 7.16. The number of piperidine rings is 1. The first-order chi connectivity index (χ1) is 9.77. The van der Waals surface area contributed by atoms with Gasteiger partial charge in [0.2, 0.25) is 0 Å². The molecule has 2 aliphatic rings. The number of para-hydroxylation sites is 2. The lowest BCUT2D eigenvalue weighted by Crippen LogP contribution is -2.61. The van der Waals surface area contributed by atoms with Crippen molar-refractivity contribution in [3.63, 3.8) is 0 Å². The van der Waals surface area contributed by atoms with Crippen LogP contribution < -0.4 is 15.5 Å². The molecule has 1 aromatic rings. The van der Waals surface area contributed by atoms with E-state index in [-0.39, 0.29) is 5.91 Å². The zero-order chi connectivity index (χ0) is 14.0. The minimum Gasteiger partial charge on any atom is -0.383 e. The number of carbonyl (C=O) groups excluding carboxylic acids is 1. The lowest BCUT2D eigenvalue weighted by molar-refractivity contribution is -0.124. The minimum absolute atomic E-state index is 0.176. The van der Waals surface area contributed by atoms with Crippen LogP contribution in [0.15, 0.2) is 24.3 Å². The molecule has 1 fully saturated rings. The van der Waals surface area contributed by atoms with Crippen LogP contribution in [0, 0.1) is 0 Å². The SMILES string of the molecule is COCCN1C(=O)C2(CCNCC2)Nc2ccccc21. The molecule has 20 heavy (non-hydrogen) atoms. The second-order valence-electron chi connectivity index (χ2n) is 5.42. The molecule has 0 bridgehead atoms. The number of nitrogens with one attached hydrogen (secondary N) is 2. The Balaban J connectivity index is 1.97. The van der Waals surface area contributed by atoms with Gasteiger partial charge in [-0.15, -0.1) is 0 Å². The smallest absolute Gasteiger partial charge is 0.252 e. The molecule has 108 valence electrons. The Bertz CT molecular complexity index is 498. The summed E-state index contributed by atoms with van der Waals surface area (Å²) in [5.74, 6) is 0.176. The molecule has 2 aliphatic heterocycles. The standard InChI is InChI=1S/C15H21N3O2/c1-20-11-10-18-13-5-3-2-4-12(13)17-15(14(18)19)6-8-16-9-7-15/h2-5,16-17H,6-11H2,1H3. The zero-order valence-electron chi connectivity index (χ0n) is 11.8. The summed E-state index contributed by atoms with van der Waals surface area (Å²) in [6, 6.07) is 8.01. The van der Waals surface area contributed by atoms with Crippen molar-refractivity contribution in [2.24, 2.45) is 0 Å². The van der Waals surface area contributed by atoms with Gasteiger partial charge in [-0.3, -0.25) is 4.79 Å². The Labute approximate surface area is 119 Å². The molecule has 1 amide bonds. The summed E-state index contributed by atoms with van der Waals surface area (Å²) in [5, 5.41) is 6.82. The molecule has 2 N–H and O–H groups in total. The highest BCUT2D eigenvalue weighted by Gasteiger charge is 2.46. The van der Waals surface area contributed by atoms with Gasteiger partial charge < -0.3 is 20.3 Å². The molecule has 5 nitrogen and oxygen atoms in total. The van der Waals surface area contributed by atoms with E-state index in [0.29, 0.717) is 13.2 Å². The average molecular weight is 275 g/mol. The minimum atomic E-state index is -0.451. The van der Waals surface area contributed by atoms with Gasteiger partial charge in [0, 0.05) is 13.7 Å². The summed E-state index contributed by atoms with van der Waals surface area (Å²) in [4.78, 5) is 14.8. The van der Waals surface area contributed by atoms with Gasteiger partial charge in [-0.1, -0.05) is 12.1 Å². The first-order valence-electron chi connectivity index (χ1n) is 7.16. The van der Waals surface area contributed by atoms with E-state index in [1.165, 1.54) is 0 Å². The Morgan fingerprint density at radius 3 is 2.80 bits per heavy atom. The lowest BCUT2D eigenvalue weighted by atomic mass is 9.84. The Morgan fingerprint density at radius 1 is 1.30 bits per heavy atom. The normalized spacial score (nSPS) is 20.6. The number of fused-ring (bicyclic) bond motifs is 1. The zero-order valence-corrected chi connectivity index (χ0v) is 11.8. The van der Waals surface area contributed by atoms with Gasteiger partial charge in [0.25, 0.3) is 5.91 Å². The maximum absolute atomic E-state index is 13.0. The molecule has 0 saturated carbocycles. The highest BCUT2D eigenvalue weighted by atomic mass is 16.5. The van der Waals surface area contributed by atoms with Gasteiger partial charge in [0.15, 0.2) is 0 Å². The predicted octanol–water partition coefficient (Wildman–Crippen LogP) is 1.21. The second kappa shape index (κ2) is 5.42. The second-order valence-corrected chi connectivity index (χ2v) is 5.42. The largest absolute Gasteiger partial charge is 0.383 e. The number of ether oxygens (including phenoxy) is 1. The number of rotatable bonds is 3. The van der Waals surface area contributed by atoms with Crippen molar-refractivity contribution in [2.75, 3.05) is 43.6 Å². The molecule has 1 saturated heterocycles. The van der Waals surface area contributed by atoms with Gasteiger partial charge in [-0.05, 0) is 38.1 Å². The Kier molecular flexibility index (Phi) is 3.63. The molecule has 0 aromatic heterocycles. The van der Waals surface area contributed by atoms with Gasteiger partial charge in [-0.2, -0.15) is 0 Å². The number of anilines is 2. The fourth-order valence-electron chi connectivity index (χ4n) is 3.09. The summed E-state index contributed by atoms with van der Waals surface area (Å²) in [6.07, 6.45) is 1.65. The van der Waals surface area contributed by atoms with Crippen LogP contribution in [0.5, 0.6) is 0 Å². The van der Waals surface area contributed by atoms with E-state index in [1.807, 2.05) is 29.2 Å². The summed E-state index contributed by atoms with van der Waals surface area (Å²) in [6.45, 7) is 2.90. The van der Waals surface area contributed by atoms with E-state index in [2.05, 4.69) is 10.6 Å². The van der Waals surface area contributed by atoms with Gasteiger partial charge in [0.1, 0.15) is 5.54 Å². The molecular formula is C15H21N3O2. The van der Waals surface area contributed by atoms with Crippen molar-refractivity contribution in [2.45, 2.75) is 18.4 Å². The Morgan fingerprint density at radius 2 is 2.05 bits per heavy atom. The number of methoxy groups -OCH3 is 1. The van der Waals surface area contributed by atoms with Crippen LogP contribution in [0.1, 0.15) is 12.8 Å². The molecule has 5 heteroatoms.